The Balaban J connectivity index is 2.50. The number of anilines is 1. The molecule has 0 radical (unpaired) electrons. The quantitative estimate of drug-likeness (QED) is 0.111. The molecule has 0 saturated carbocycles. The molecule has 10 nitrogen and oxygen atoms in total. The summed E-state index contributed by atoms with van der Waals surface area (Å²) in [5.41, 5.74) is 5.30. The van der Waals surface area contributed by atoms with Gasteiger partial charge in [0.25, 0.3) is 11.6 Å². The molecule has 3 N–H and O–H groups in total. The van der Waals surface area contributed by atoms with E-state index in [1.54, 1.807) is 19.9 Å². The first kappa shape index (κ1) is 27.5. The summed E-state index contributed by atoms with van der Waals surface area (Å²) in [6, 6.07) is 3.15. The van der Waals surface area contributed by atoms with Crippen LogP contribution in [0.3, 0.4) is 0 Å². The van der Waals surface area contributed by atoms with Crippen molar-refractivity contribution in [2.24, 2.45) is 5.73 Å². The second-order valence-electron chi connectivity index (χ2n) is 9.73. The number of rotatable bonds is 7. The average molecular weight is 486 g/mol. The number of amides is 1. The normalized spacial score (nSPS) is 13.8. The van der Waals surface area contributed by atoms with Crippen molar-refractivity contribution in [3.8, 4) is 5.75 Å². The lowest BCUT2D eigenvalue weighted by molar-refractivity contribution is -0.420. The molecule has 0 fully saturated rings. The summed E-state index contributed by atoms with van der Waals surface area (Å²) in [4.78, 5) is 48.4. The minimum Gasteiger partial charge on any atom is -0.437 e. The topological polar surface area (TPSA) is 151 Å². The largest absolute Gasteiger partial charge is 0.513 e. The van der Waals surface area contributed by atoms with Gasteiger partial charge in [-0.15, -0.1) is 0 Å². The molecule has 0 heterocycles. The van der Waals surface area contributed by atoms with E-state index < -0.39 is 39.3 Å². The second-order valence-corrected chi connectivity index (χ2v) is 9.73. The van der Waals surface area contributed by atoms with Gasteiger partial charge in [-0.3, -0.25) is 19.7 Å². The molecular formula is C25H31N3O7. The van der Waals surface area contributed by atoms with Gasteiger partial charge in [-0.1, -0.05) is 33.4 Å². The molecule has 0 bridgehead atoms. The molecule has 0 spiro atoms. The number of nitrogens with zero attached hydrogens (tertiary/aromatic N) is 1. The molecule has 0 aliphatic heterocycles. The van der Waals surface area contributed by atoms with Crippen LogP contribution in [0.5, 0.6) is 5.75 Å². The molecule has 188 valence electrons. The Morgan fingerprint density at radius 3 is 2.20 bits per heavy atom. The van der Waals surface area contributed by atoms with E-state index in [1.165, 1.54) is 18.2 Å². The van der Waals surface area contributed by atoms with Crippen molar-refractivity contribution in [1.82, 2.24) is 0 Å². The number of nitrogens with one attached hydrogen (secondary N) is 1. The predicted molar refractivity (Wildman–Crippen MR) is 131 cm³/mol. The number of methoxy groups -OCH3 is 1. The van der Waals surface area contributed by atoms with E-state index in [4.69, 9.17) is 10.5 Å². The number of ketones is 1. The number of nitro groups is 1. The highest BCUT2D eigenvalue weighted by Gasteiger charge is 2.32. The van der Waals surface area contributed by atoms with Gasteiger partial charge in [0.15, 0.2) is 0 Å². The third-order valence-electron chi connectivity index (χ3n) is 5.35. The fraction of sp³-hybridized carbons (Fsp3) is 0.400. The molecule has 0 aromatic heterocycles. The van der Waals surface area contributed by atoms with Gasteiger partial charge in [-0.2, -0.15) is 0 Å². The first-order chi connectivity index (χ1) is 16.1. The highest BCUT2D eigenvalue weighted by atomic mass is 16.7. The van der Waals surface area contributed by atoms with Crippen molar-refractivity contribution in [2.45, 2.75) is 58.4 Å². The molecular weight excluding hydrogens is 454 g/mol. The standard InChI is InChI=1S/C25H31N3O7/c1-14(21(29)15-10-8-9-11-19(15)28(32)33)22(30)27-18-13-20(35-23(31)34-7)17(25(5,6)26)12-16(18)24(2,3)4/h10-13H,1,8-9,26H2,2-7H3,(H,27,30). The third-order valence-corrected chi connectivity index (χ3v) is 5.35. The van der Waals surface area contributed by atoms with Crippen LogP contribution in [0.2, 0.25) is 0 Å². The van der Waals surface area contributed by atoms with Gasteiger partial charge in [0.05, 0.1) is 23.2 Å². The smallest absolute Gasteiger partial charge is 0.437 e. The number of nitrogens with two attached hydrogens (primary N) is 1. The van der Waals surface area contributed by atoms with E-state index in [2.05, 4.69) is 16.6 Å². The van der Waals surface area contributed by atoms with Gasteiger partial charge in [-0.25, -0.2) is 4.79 Å². The van der Waals surface area contributed by atoms with E-state index in [-0.39, 0.29) is 22.7 Å². The Morgan fingerprint density at radius 2 is 1.69 bits per heavy atom. The zero-order chi connectivity index (χ0) is 26.7. The maximum Gasteiger partial charge on any atom is 0.513 e. The number of Topliss-reactive ketones (excluding diaryl/α,β-unsaturated/α-hetero) is 1. The van der Waals surface area contributed by atoms with Crippen molar-refractivity contribution in [1.29, 1.82) is 0 Å². The number of hydrogen-bond acceptors (Lipinski definition) is 8. The molecule has 2 rings (SSSR count). The Kier molecular flexibility index (Phi) is 8.02. The van der Waals surface area contributed by atoms with E-state index in [0.29, 0.717) is 24.0 Å². The number of carbonyl (C=O) groups is 3. The summed E-state index contributed by atoms with van der Waals surface area (Å²) in [6.45, 7) is 12.8. The molecule has 10 heteroatoms. The van der Waals surface area contributed by atoms with Crippen LogP contribution in [0.15, 0.2) is 47.7 Å². The second kappa shape index (κ2) is 10.2. The monoisotopic (exact) mass is 485 g/mol. The number of allylic oxidation sites excluding steroid dienone is 3. The van der Waals surface area contributed by atoms with Crippen LogP contribution >= 0.6 is 0 Å². The molecule has 1 aliphatic carbocycles. The molecule has 1 aromatic carbocycles. The fourth-order valence-corrected chi connectivity index (χ4v) is 3.53. The van der Waals surface area contributed by atoms with E-state index in [1.807, 2.05) is 20.8 Å². The van der Waals surface area contributed by atoms with Gasteiger partial charge < -0.3 is 20.5 Å². The number of hydrogen-bond donors (Lipinski definition) is 2. The summed E-state index contributed by atoms with van der Waals surface area (Å²) >= 11 is 0. The van der Waals surface area contributed by atoms with Gasteiger partial charge in [-0.05, 0) is 49.8 Å². The van der Waals surface area contributed by atoms with Crippen LogP contribution in [0.25, 0.3) is 0 Å². The minimum atomic E-state index is -0.973. The van der Waals surface area contributed by atoms with E-state index >= 15 is 0 Å². The first-order valence-electron chi connectivity index (χ1n) is 10.9. The lowest BCUT2D eigenvalue weighted by Gasteiger charge is -2.29. The van der Waals surface area contributed by atoms with Crippen LogP contribution in [0, 0.1) is 10.1 Å². The maximum absolute atomic E-state index is 13.0. The van der Waals surface area contributed by atoms with Crippen molar-refractivity contribution < 1.29 is 28.8 Å². The summed E-state index contributed by atoms with van der Waals surface area (Å²) in [6.07, 6.45) is 2.67. The van der Waals surface area contributed by atoms with Gasteiger partial charge >= 0.3 is 6.16 Å². The zero-order valence-corrected chi connectivity index (χ0v) is 20.8. The summed E-state index contributed by atoms with van der Waals surface area (Å²) in [5, 5.41) is 14.0. The minimum absolute atomic E-state index is 0.0677. The van der Waals surface area contributed by atoms with Crippen molar-refractivity contribution in [2.75, 3.05) is 12.4 Å². The van der Waals surface area contributed by atoms with Crippen molar-refractivity contribution in [3.63, 3.8) is 0 Å². The number of ether oxygens (including phenoxy) is 2. The van der Waals surface area contributed by atoms with Crippen molar-refractivity contribution in [3.05, 3.63) is 68.9 Å². The Morgan fingerprint density at radius 1 is 1.09 bits per heavy atom. The average Bonchev–Trinajstić information content (AvgIpc) is 2.76. The van der Waals surface area contributed by atoms with Crippen LogP contribution in [0.4, 0.5) is 10.5 Å². The Hall–Kier alpha value is -3.79. The van der Waals surface area contributed by atoms with Crippen molar-refractivity contribution >= 4 is 23.5 Å². The van der Waals surface area contributed by atoms with Gasteiger partial charge in [0.2, 0.25) is 5.78 Å². The summed E-state index contributed by atoms with van der Waals surface area (Å²) in [7, 11) is 1.16. The van der Waals surface area contributed by atoms with Gasteiger partial charge in [0, 0.05) is 22.9 Å². The van der Waals surface area contributed by atoms with E-state index in [9.17, 15) is 24.5 Å². The lowest BCUT2D eigenvalue weighted by Crippen LogP contribution is -2.31. The highest BCUT2D eigenvalue weighted by Crippen LogP contribution is 2.39. The first-order valence-corrected chi connectivity index (χ1v) is 10.9. The SMILES string of the molecule is C=C(C(=O)Nc1cc(OC(=O)OC)c(C(C)(C)N)cc1C(C)(C)C)C(=O)C1=CCCC=C1[N+](=O)[O-]. The Bertz CT molecular complexity index is 1150. The molecule has 1 amide bonds. The lowest BCUT2D eigenvalue weighted by atomic mass is 9.81. The number of carbonyl (C=O) groups excluding carboxylic acids is 3. The maximum atomic E-state index is 13.0. The molecule has 0 saturated heterocycles. The van der Waals surface area contributed by atoms with Gasteiger partial charge in [0.1, 0.15) is 5.75 Å². The molecule has 35 heavy (non-hydrogen) atoms. The molecule has 1 aromatic rings. The van der Waals surface area contributed by atoms with Crippen LogP contribution in [0.1, 0.15) is 58.6 Å². The zero-order valence-electron chi connectivity index (χ0n) is 20.8. The van der Waals surface area contributed by atoms with Crippen LogP contribution in [-0.4, -0.2) is 29.9 Å². The number of benzene rings is 1. The summed E-state index contributed by atoms with van der Waals surface area (Å²) < 4.78 is 9.87. The summed E-state index contributed by atoms with van der Waals surface area (Å²) in [5.74, 6) is -1.62. The van der Waals surface area contributed by atoms with Crippen LogP contribution in [-0.2, 0) is 25.3 Å². The molecule has 0 unspecified atom stereocenters. The van der Waals surface area contributed by atoms with E-state index in [0.717, 1.165) is 7.11 Å². The molecule has 1 aliphatic rings. The molecule has 0 atom stereocenters. The fourth-order valence-electron chi connectivity index (χ4n) is 3.53. The predicted octanol–water partition coefficient (Wildman–Crippen LogP) is 4.27. The Labute approximate surface area is 204 Å². The van der Waals surface area contributed by atoms with Crippen LogP contribution < -0.4 is 15.8 Å². The highest BCUT2D eigenvalue weighted by molar-refractivity contribution is 6.29. The third kappa shape index (κ3) is 6.42.